The Bertz CT molecular complexity index is 419. The fraction of sp³-hybridized carbons (Fsp3) is 0.571. The zero-order chi connectivity index (χ0) is 13.9. The van der Waals surface area contributed by atoms with Crippen LogP contribution in [-0.2, 0) is 0 Å². The summed E-state index contributed by atoms with van der Waals surface area (Å²) in [5.41, 5.74) is 0.916. The molecule has 1 aromatic rings. The summed E-state index contributed by atoms with van der Waals surface area (Å²) in [5.74, 6) is -1.15. The highest BCUT2D eigenvalue weighted by Crippen LogP contribution is 2.38. The predicted molar refractivity (Wildman–Crippen MR) is 73.6 cm³/mol. The van der Waals surface area contributed by atoms with Crippen molar-refractivity contribution in [3.05, 3.63) is 24.3 Å². The van der Waals surface area contributed by atoms with Crippen molar-refractivity contribution in [2.45, 2.75) is 42.8 Å². The minimum atomic E-state index is -4.05. The van der Waals surface area contributed by atoms with E-state index in [9.17, 15) is 13.2 Å². The third kappa shape index (κ3) is 4.06. The van der Waals surface area contributed by atoms with E-state index >= 15 is 0 Å². The molecule has 1 aliphatic rings. The van der Waals surface area contributed by atoms with Crippen molar-refractivity contribution in [1.82, 2.24) is 0 Å². The van der Waals surface area contributed by atoms with Crippen LogP contribution in [0.2, 0.25) is 0 Å². The molecule has 1 fully saturated rings. The van der Waals surface area contributed by atoms with Gasteiger partial charge in [0.25, 0.3) is 0 Å². The standard InChI is InChI=1S/C14H18F3NS/c1-19-13-7-3-6-12(9-13)18-11-5-2-4-10(8-11)14(15,16)17/h3,6-7,9-11,18H,2,4-5,8H2,1H3. The van der Waals surface area contributed by atoms with Crippen molar-refractivity contribution in [3.8, 4) is 0 Å². The van der Waals surface area contributed by atoms with Crippen LogP contribution in [0.4, 0.5) is 18.9 Å². The number of benzene rings is 1. The van der Waals surface area contributed by atoms with Crippen LogP contribution in [0.1, 0.15) is 25.7 Å². The maximum atomic E-state index is 12.7. The van der Waals surface area contributed by atoms with Crippen LogP contribution < -0.4 is 5.32 Å². The van der Waals surface area contributed by atoms with Gasteiger partial charge in [0.1, 0.15) is 0 Å². The van der Waals surface area contributed by atoms with Crippen LogP contribution in [0.3, 0.4) is 0 Å². The summed E-state index contributed by atoms with van der Waals surface area (Å²) in [4.78, 5) is 1.12. The van der Waals surface area contributed by atoms with E-state index < -0.39 is 12.1 Å². The van der Waals surface area contributed by atoms with Gasteiger partial charge in [-0.25, -0.2) is 0 Å². The van der Waals surface area contributed by atoms with Crippen molar-refractivity contribution in [1.29, 1.82) is 0 Å². The molecule has 5 heteroatoms. The second kappa shape index (κ2) is 6.07. The Morgan fingerprint density at radius 3 is 2.74 bits per heavy atom. The van der Waals surface area contributed by atoms with Crippen molar-refractivity contribution >= 4 is 17.4 Å². The molecular formula is C14H18F3NS. The molecule has 0 heterocycles. The van der Waals surface area contributed by atoms with E-state index in [1.165, 1.54) is 0 Å². The minimum absolute atomic E-state index is 0.0718. The molecule has 106 valence electrons. The first kappa shape index (κ1) is 14.6. The quantitative estimate of drug-likeness (QED) is 0.791. The molecule has 1 nitrogen and oxygen atoms in total. The molecule has 2 rings (SSSR count). The van der Waals surface area contributed by atoms with Gasteiger partial charge in [-0.05, 0) is 43.7 Å². The van der Waals surface area contributed by atoms with Crippen LogP contribution in [-0.4, -0.2) is 18.5 Å². The Morgan fingerprint density at radius 2 is 2.05 bits per heavy atom. The van der Waals surface area contributed by atoms with Crippen molar-refractivity contribution in [3.63, 3.8) is 0 Å². The van der Waals surface area contributed by atoms with Crippen LogP contribution in [0, 0.1) is 5.92 Å². The lowest BCUT2D eigenvalue weighted by Crippen LogP contribution is -2.34. The number of hydrogen-bond acceptors (Lipinski definition) is 2. The Balaban J connectivity index is 1.98. The largest absolute Gasteiger partial charge is 0.391 e. The van der Waals surface area contributed by atoms with Crippen LogP contribution in [0.25, 0.3) is 0 Å². The van der Waals surface area contributed by atoms with Crippen LogP contribution in [0.5, 0.6) is 0 Å². The Labute approximate surface area is 116 Å². The minimum Gasteiger partial charge on any atom is -0.382 e. The monoisotopic (exact) mass is 289 g/mol. The van der Waals surface area contributed by atoms with E-state index in [4.69, 9.17) is 0 Å². The molecule has 0 saturated heterocycles. The van der Waals surface area contributed by atoms with Gasteiger partial charge in [0, 0.05) is 16.6 Å². The molecule has 1 N–H and O–H groups in total. The predicted octanol–water partition coefficient (Wildman–Crippen LogP) is 4.94. The summed E-state index contributed by atoms with van der Waals surface area (Å²) in [6.07, 6.45) is -0.152. The van der Waals surface area contributed by atoms with Gasteiger partial charge in [-0.15, -0.1) is 11.8 Å². The first-order valence-electron chi connectivity index (χ1n) is 6.46. The van der Waals surface area contributed by atoms with Gasteiger partial charge in [-0.2, -0.15) is 13.2 Å². The lowest BCUT2D eigenvalue weighted by Gasteiger charge is -2.31. The molecule has 0 spiro atoms. The van der Waals surface area contributed by atoms with Gasteiger partial charge in [0.05, 0.1) is 5.92 Å². The van der Waals surface area contributed by atoms with Crippen molar-refractivity contribution in [2.24, 2.45) is 5.92 Å². The third-order valence-corrected chi connectivity index (χ3v) is 4.30. The molecule has 19 heavy (non-hydrogen) atoms. The molecule has 2 atom stereocenters. The Kier molecular flexibility index (Phi) is 4.66. The maximum absolute atomic E-state index is 12.7. The van der Waals surface area contributed by atoms with Crippen LogP contribution in [0.15, 0.2) is 29.2 Å². The fourth-order valence-corrected chi connectivity index (χ4v) is 3.03. The van der Waals surface area contributed by atoms with Crippen molar-refractivity contribution < 1.29 is 13.2 Å². The summed E-state index contributed by atoms with van der Waals surface area (Å²) in [5, 5.41) is 3.24. The molecule has 1 aromatic carbocycles. The topological polar surface area (TPSA) is 12.0 Å². The maximum Gasteiger partial charge on any atom is 0.391 e. The Morgan fingerprint density at radius 1 is 1.26 bits per heavy atom. The first-order valence-corrected chi connectivity index (χ1v) is 7.69. The van der Waals surface area contributed by atoms with Crippen LogP contribution >= 0.6 is 11.8 Å². The number of alkyl halides is 3. The summed E-state index contributed by atoms with van der Waals surface area (Å²) >= 11 is 1.63. The van der Waals surface area contributed by atoms with Gasteiger partial charge in [-0.3, -0.25) is 0 Å². The number of nitrogens with one attached hydrogen (secondary N) is 1. The van der Waals surface area contributed by atoms with Gasteiger partial charge in [-0.1, -0.05) is 12.5 Å². The smallest absolute Gasteiger partial charge is 0.382 e. The molecular weight excluding hydrogens is 271 g/mol. The van der Waals surface area contributed by atoms with E-state index in [1.807, 2.05) is 30.5 Å². The third-order valence-electron chi connectivity index (χ3n) is 3.58. The number of anilines is 1. The number of hydrogen-bond donors (Lipinski definition) is 1. The summed E-state index contributed by atoms with van der Waals surface area (Å²) in [6.45, 7) is 0. The number of rotatable bonds is 3. The van der Waals surface area contributed by atoms with Gasteiger partial charge >= 0.3 is 6.18 Å². The highest BCUT2D eigenvalue weighted by Gasteiger charge is 2.42. The summed E-state index contributed by atoms with van der Waals surface area (Å²) in [6, 6.07) is 7.75. The molecule has 0 bridgehead atoms. The molecule has 0 amide bonds. The zero-order valence-electron chi connectivity index (χ0n) is 10.8. The van der Waals surface area contributed by atoms with Gasteiger partial charge < -0.3 is 5.32 Å². The van der Waals surface area contributed by atoms with E-state index in [-0.39, 0.29) is 18.9 Å². The second-order valence-electron chi connectivity index (χ2n) is 4.98. The van der Waals surface area contributed by atoms with E-state index in [0.717, 1.165) is 17.0 Å². The molecule has 0 aliphatic heterocycles. The summed E-state index contributed by atoms with van der Waals surface area (Å²) < 4.78 is 38.2. The van der Waals surface area contributed by atoms with Gasteiger partial charge in [0.15, 0.2) is 0 Å². The SMILES string of the molecule is CSc1cccc(NC2CCCC(C(F)(F)F)C2)c1. The fourth-order valence-electron chi connectivity index (χ4n) is 2.57. The highest BCUT2D eigenvalue weighted by atomic mass is 32.2. The van der Waals surface area contributed by atoms with E-state index in [0.29, 0.717) is 6.42 Å². The Hall–Kier alpha value is -0.840. The average Bonchev–Trinajstić information content (AvgIpc) is 2.38. The van der Waals surface area contributed by atoms with E-state index in [2.05, 4.69) is 5.32 Å². The van der Waals surface area contributed by atoms with Gasteiger partial charge in [0.2, 0.25) is 0 Å². The lowest BCUT2D eigenvalue weighted by atomic mass is 9.85. The van der Waals surface area contributed by atoms with E-state index in [1.54, 1.807) is 11.8 Å². The number of thioether (sulfide) groups is 1. The zero-order valence-corrected chi connectivity index (χ0v) is 11.7. The molecule has 1 saturated carbocycles. The highest BCUT2D eigenvalue weighted by molar-refractivity contribution is 7.98. The normalized spacial score (nSPS) is 24.2. The lowest BCUT2D eigenvalue weighted by molar-refractivity contribution is -0.182. The molecule has 0 aromatic heterocycles. The molecule has 2 unspecified atom stereocenters. The second-order valence-corrected chi connectivity index (χ2v) is 5.86. The average molecular weight is 289 g/mol. The molecule has 1 aliphatic carbocycles. The molecule has 0 radical (unpaired) electrons. The first-order chi connectivity index (χ1) is 8.99. The van der Waals surface area contributed by atoms with Crippen molar-refractivity contribution in [2.75, 3.05) is 11.6 Å². The number of halogens is 3. The summed E-state index contributed by atoms with van der Waals surface area (Å²) in [7, 11) is 0.